The maximum atomic E-state index is 12.4. The number of thioether (sulfide) groups is 1. The highest BCUT2D eigenvalue weighted by Crippen LogP contribution is 2.18. The van der Waals surface area contributed by atoms with Crippen molar-refractivity contribution in [3.63, 3.8) is 0 Å². The number of carbonyl (C=O) groups is 1. The van der Waals surface area contributed by atoms with E-state index < -0.39 is 0 Å². The van der Waals surface area contributed by atoms with E-state index in [4.69, 9.17) is 11.6 Å². The van der Waals surface area contributed by atoms with E-state index in [1.807, 2.05) is 17.0 Å². The summed E-state index contributed by atoms with van der Waals surface area (Å²) in [5.41, 5.74) is 2.53. The summed E-state index contributed by atoms with van der Waals surface area (Å²) in [5, 5.41) is 0.642. The lowest BCUT2D eigenvalue weighted by atomic mass is 10.2. The van der Waals surface area contributed by atoms with Crippen molar-refractivity contribution in [3.8, 4) is 0 Å². The minimum Gasteiger partial charge on any atom is -0.353 e. The number of hydrogen-bond donors (Lipinski definition) is 0. The van der Waals surface area contributed by atoms with E-state index in [1.54, 1.807) is 18.0 Å². The van der Waals surface area contributed by atoms with Crippen molar-refractivity contribution >= 4 is 35.1 Å². The Morgan fingerprint density at radius 1 is 1.20 bits per heavy atom. The molecule has 0 atom stereocenters. The van der Waals surface area contributed by atoms with Crippen molar-refractivity contribution in [1.82, 2.24) is 9.88 Å². The Morgan fingerprint density at radius 3 is 2.68 bits per heavy atom. The summed E-state index contributed by atoms with van der Waals surface area (Å²) >= 11 is 7.56. The van der Waals surface area contributed by atoms with Gasteiger partial charge in [-0.2, -0.15) is 0 Å². The molecule has 25 heavy (non-hydrogen) atoms. The van der Waals surface area contributed by atoms with Crippen LogP contribution in [0.5, 0.6) is 0 Å². The monoisotopic (exact) mass is 375 g/mol. The van der Waals surface area contributed by atoms with Crippen LogP contribution >= 0.6 is 23.4 Å². The predicted molar refractivity (Wildman–Crippen MR) is 105 cm³/mol. The largest absolute Gasteiger partial charge is 0.353 e. The molecule has 6 heteroatoms. The first kappa shape index (κ1) is 18.1. The number of pyridine rings is 1. The van der Waals surface area contributed by atoms with E-state index in [0.29, 0.717) is 10.8 Å². The minimum absolute atomic E-state index is 0.223. The summed E-state index contributed by atoms with van der Waals surface area (Å²) in [6.07, 6.45) is 1.66. The zero-order chi connectivity index (χ0) is 17.6. The summed E-state index contributed by atoms with van der Waals surface area (Å²) in [6.45, 7) is 5.20. The third-order valence-corrected chi connectivity index (χ3v) is 5.46. The van der Waals surface area contributed by atoms with Gasteiger partial charge in [0.15, 0.2) is 0 Å². The highest BCUT2D eigenvalue weighted by atomic mass is 35.5. The standard InChI is InChI=1S/C19H22ClN3OS/c1-15-3-2-4-16(11-15)13-25-14-19(24)23-9-7-22(8-10-23)18-6-5-17(20)12-21-18/h2-6,11-12H,7-10,13-14H2,1H3. The quantitative estimate of drug-likeness (QED) is 0.799. The summed E-state index contributed by atoms with van der Waals surface area (Å²) in [4.78, 5) is 20.9. The molecule has 3 rings (SSSR count). The van der Waals surface area contributed by atoms with Gasteiger partial charge >= 0.3 is 0 Å². The molecule has 4 nitrogen and oxygen atoms in total. The third kappa shape index (κ3) is 5.13. The normalized spacial score (nSPS) is 14.6. The van der Waals surface area contributed by atoms with Crippen molar-refractivity contribution < 1.29 is 4.79 Å². The van der Waals surface area contributed by atoms with Gasteiger partial charge in [-0.1, -0.05) is 41.4 Å². The number of carbonyl (C=O) groups excluding carboxylic acids is 1. The number of aryl methyl sites for hydroxylation is 1. The van der Waals surface area contributed by atoms with Gasteiger partial charge in [0.25, 0.3) is 0 Å². The molecule has 0 aliphatic carbocycles. The van der Waals surface area contributed by atoms with Crippen molar-refractivity contribution in [3.05, 3.63) is 58.7 Å². The van der Waals surface area contributed by atoms with Crippen LogP contribution in [-0.4, -0.2) is 47.7 Å². The molecule has 132 valence electrons. The zero-order valence-electron chi connectivity index (χ0n) is 14.3. The van der Waals surface area contributed by atoms with E-state index >= 15 is 0 Å². The molecule has 1 aromatic carbocycles. The molecule has 1 amide bonds. The van der Waals surface area contributed by atoms with Crippen molar-refractivity contribution in [1.29, 1.82) is 0 Å². The van der Waals surface area contributed by atoms with E-state index in [2.05, 4.69) is 41.1 Å². The van der Waals surface area contributed by atoms with Crippen LogP contribution in [0.1, 0.15) is 11.1 Å². The lowest BCUT2D eigenvalue weighted by Gasteiger charge is -2.35. The lowest BCUT2D eigenvalue weighted by molar-refractivity contribution is -0.128. The molecule has 2 heterocycles. The zero-order valence-corrected chi connectivity index (χ0v) is 15.9. The number of anilines is 1. The number of nitrogens with zero attached hydrogens (tertiary/aromatic N) is 3. The SMILES string of the molecule is Cc1cccc(CSCC(=O)N2CCN(c3ccc(Cl)cn3)CC2)c1. The first-order valence-corrected chi connectivity index (χ1v) is 9.92. The fourth-order valence-electron chi connectivity index (χ4n) is 2.89. The van der Waals surface area contributed by atoms with Gasteiger partial charge in [0, 0.05) is 38.1 Å². The average Bonchev–Trinajstić information content (AvgIpc) is 2.62. The highest BCUT2D eigenvalue weighted by Gasteiger charge is 2.21. The average molecular weight is 376 g/mol. The van der Waals surface area contributed by atoms with Gasteiger partial charge in [-0.05, 0) is 24.6 Å². The van der Waals surface area contributed by atoms with Gasteiger partial charge in [0.1, 0.15) is 5.82 Å². The number of hydrogen-bond acceptors (Lipinski definition) is 4. The number of amides is 1. The van der Waals surface area contributed by atoms with Gasteiger partial charge in [-0.15, -0.1) is 11.8 Å². The van der Waals surface area contributed by atoms with Crippen LogP contribution in [0.2, 0.25) is 5.02 Å². The highest BCUT2D eigenvalue weighted by molar-refractivity contribution is 7.99. The first-order valence-electron chi connectivity index (χ1n) is 8.39. The lowest BCUT2D eigenvalue weighted by Crippen LogP contribution is -2.49. The molecular weight excluding hydrogens is 354 g/mol. The molecule has 0 bridgehead atoms. The van der Waals surface area contributed by atoms with E-state index in [9.17, 15) is 4.79 Å². The van der Waals surface area contributed by atoms with Gasteiger partial charge in [0.05, 0.1) is 10.8 Å². The van der Waals surface area contributed by atoms with E-state index in [0.717, 1.165) is 37.7 Å². The van der Waals surface area contributed by atoms with Crippen molar-refractivity contribution in [2.24, 2.45) is 0 Å². The Hall–Kier alpha value is -1.72. The Kier molecular flexibility index (Phi) is 6.21. The maximum absolute atomic E-state index is 12.4. The molecule has 2 aromatic rings. The fourth-order valence-corrected chi connectivity index (χ4v) is 3.88. The minimum atomic E-state index is 0.223. The van der Waals surface area contributed by atoms with Crippen LogP contribution in [0.3, 0.4) is 0 Å². The Bertz CT molecular complexity index is 715. The Morgan fingerprint density at radius 2 is 2.00 bits per heavy atom. The summed E-state index contributed by atoms with van der Waals surface area (Å²) in [7, 11) is 0. The van der Waals surface area contributed by atoms with Gasteiger partial charge in [-0.3, -0.25) is 4.79 Å². The van der Waals surface area contributed by atoms with Crippen LogP contribution in [0.25, 0.3) is 0 Å². The van der Waals surface area contributed by atoms with Crippen molar-refractivity contribution in [2.45, 2.75) is 12.7 Å². The fraction of sp³-hybridized carbons (Fsp3) is 0.368. The molecule has 0 unspecified atom stereocenters. The van der Waals surface area contributed by atoms with Crippen LogP contribution < -0.4 is 4.90 Å². The molecule has 0 radical (unpaired) electrons. The van der Waals surface area contributed by atoms with Crippen LogP contribution in [0.15, 0.2) is 42.6 Å². The number of halogens is 1. The number of piperazine rings is 1. The molecule has 1 fully saturated rings. The third-order valence-electron chi connectivity index (χ3n) is 4.24. The predicted octanol–water partition coefficient (Wildman–Crippen LogP) is 3.63. The second-order valence-electron chi connectivity index (χ2n) is 6.18. The number of rotatable bonds is 5. The molecule has 0 N–H and O–H groups in total. The second-order valence-corrected chi connectivity index (χ2v) is 7.61. The maximum Gasteiger partial charge on any atom is 0.232 e. The van der Waals surface area contributed by atoms with E-state index in [-0.39, 0.29) is 5.91 Å². The Labute approximate surface area is 158 Å². The molecule has 0 spiro atoms. The molecule has 1 aliphatic heterocycles. The molecule has 1 saturated heterocycles. The Balaban J connectivity index is 1.43. The molecule has 0 saturated carbocycles. The second kappa shape index (κ2) is 8.59. The van der Waals surface area contributed by atoms with Gasteiger partial charge in [-0.25, -0.2) is 4.98 Å². The summed E-state index contributed by atoms with van der Waals surface area (Å²) in [5.74, 6) is 2.56. The van der Waals surface area contributed by atoms with Gasteiger partial charge < -0.3 is 9.80 Å². The number of benzene rings is 1. The van der Waals surface area contributed by atoms with Gasteiger partial charge in [0.2, 0.25) is 5.91 Å². The number of aromatic nitrogens is 1. The smallest absolute Gasteiger partial charge is 0.232 e. The molecular formula is C19H22ClN3OS. The molecule has 1 aromatic heterocycles. The van der Waals surface area contributed by atoms with Crippen LogP contribution in [0, 0.1) is 6.92 Å². The topological polar surface area (TPSA) is 36.4 Å². The van der Waals surface area contributed by atoms with Crippen molar-refractivity contribution in [2.75, 3.05) is 36.8 Å². The molecule has 1 aliphatic rings. The summed E-state index contributed by atoms with van der Waals surface area (Å²) in [6, 6.07) is 12.2. The summed E-state index contributed by atoms with van der Waals surface area (Å²) < 4.78 is 0. The van der Waals surface area contributed by atoms with Crippen LogP contribution in [-0.2, 0) is 10.5 Å². The van der Waals surface area contributed by atoms with E-state index in [1.165, 1.54) is 11.1 Å². The van der Waals surface area contributed by atoms with Crippen LogP contribution in [0.4, 0.5) is 5.82 Å². The first-order chi connectivity index (χ1) is 12.1.